The van der Waals surface area contributed by atoms with Crippen LogP contribution in [0, 0.1) is 6.92 Å². The zero-order valence-corrected chi connectivity index (χ0v) is 17.8. The number of nitrogens with one attached hydrogen (secondary N) is 1. The van der Waals surface area contributed by atoms with Crippen molar-refractivity contribution in [3.8, 4) is 10.7 Å². The van der Waals surface area contributed by atoms with Crippen molar-refractivity contribution in [1.82, 2.24) is 14.9 Å². The first-order chi connectivity index (χ1) is 14.5. The molecule has 0 saturated heterocycles. The summed E-state index contributed by atoms with van der Waals surface area (Å²) in [5, 5.41) is 3.09. The molecule has 0 fully saturated rings. The first-order valence-electron chi connectivity index (χ1n) is 9.60. The molecule has 4 aromatic rings. The molecule has 0 saturated carbocycles. The van der Waals surface area contributed by atoms with Crippen LogP contribution in [0.25, 0.3) is 21.7 Å². The molecule has 1 N–H and O–H groups in total. The van der Waals surface area contributed by atoms with Gasteiger partial charge in [-0.15, -0.1) is 11.3 Å². The molecule has 30 heavy (non-hydrogen) atoms. The van der Waals surface area contributed by atoms with E-state index in [9.17, 15) is 9.59 Å². The lowest BCUT2D eigenvalue weighted by Gasteiger charge is -2.27. The van der Waals surface area contributed by atoms with E-state index >= 15 is 0 Å². The molecule has 8 heteroatoms. The van der Waals surface area contributed by atoms with E-state index in [1.165, 1.54) is 11.3 Å². The Bertz CT molecular complexity index is 1380. The summed E-state index contributed by atoms with van der Waals surface area (Å²) in [6, 6.07) is 9.42. The molecule has 0 unspecified atom stereocenters. The number of hydrogen-bond donors (Lipinski definition) is 1. The van der Waals surface area contributed by atoms with Gasteiger partial charge in [0.1, 0.15) is 5.58 Å². The van der Waals surface area contributed by atoms with Crippen LogP contribution in [0.2, 0.25) is 5.02 Å². The molecular weight excluding hydrogens is 422 g/mol. The molecule has 4 heterocycles. The molecule has 5 rings (SSSR count). The average Bonchev–Trinajstić information content (AvgIpc) is 3.27. The Labute approximate surface area is 180 Å². The zero-order chi connectivity index (χ0) is 20.8. The number of benzene rings is 1. The third-order valence-corrected chi connectivity index (χ3v) is 6.68. The van der Waals surface area contributed by atoms with E-state index in [-0.39, 0.29) is 5.56 Å². The van der Waals surface area contributed by atoms with Gasteiger partial charge in [-0.3, -0.25) is 9.69 Å². The molecule has 0 radical (unpaired) electrons. The Morgan fingerprint density at radius 1 is 1.30 bits per heavy atom. The van der Waals surface area contributed by atoms with Gasteiger partial charge in [0, 0.05) is 31.4 Å². The largest absolute Gasteiger partial charge is 0.422 e. The number of hydrogen-bond acceptors (Lipinski definition) is 6. The van der Waals surface area contributed by atoms with Crippen LogP contribution in [0.4, 0.5) is 0 Å². The third kappa shape index (κ3) is 3.39. The number of aryl methyl sites for hydroxylation is 1. The fourth-order valence-electron chi connectivity index (χ4n) is 3.82. The smallest absolute Gasteiger partial charge is 0.342 e. The van der Waals surface area contributed by atoms with Crippen LogP contribution in [-0.4, -0.2) is 21.4 Å². The van der Waals surface area contributed by atoms with E-state index in [0.717, 1.165) is 21.5 Å². The Morgan fingerprint density at radius 3 is 2.97 bits per heavy atom. The van der Waals surface area contributed by atoms with E-state index in [2.05, 4.69) is 9.97 Å². The van der Waals surface area contributed by atoms with Crippen LogP contribution in [0.5, 0.6) is 0 Å². The van der Waals surface area contributed by atoms with Gasteiger partial charge in [-0.2, -0.15) is 0 Å². The number of thiophene rings is 1. The number of aromatic amines is 1. The van der Waals surface area contributed by atoms with Gasteiger partial charge >= 0.3 is 5.63 Å². The van der Waals surface area contributed by atoms with E-state index in [0.29, 0.717) is 53.6 Å². The first-order valence-corrected chi connectivity index (χ1v) is 10.9. The van der Waals surface area contributed by atoms with Gasteiger partial charge in [0.05, 0.1) is 26.7 Å². The summed E-state index contributed by atoms with van der Waals surface area (Å²) < 4.78 is 5.47. The summed E-state index contributed by atoms with van der Waals surface area (Å²) in [4.78, 5) is 35.8. The molecule has 3 aromatic heterocycles. The molecule has 152 valence electrons. The fraction of sp³-hybridized carbons (Fsp3) is 0.227. The topological polar surface area (TPSA) is 79.2 Å². The Hall–Kier alpha value is -2.74. The average molecular weight is 440 g/mol. The lowest BCUT2D eigenvalue weighted by Crippen LogP contribution is -2.36. The summed E-state index contributed by atoms with van der Waals surface area (Å²) in [6.45, 7) is 3.36. The third-order valence-electron chi connectivity index (χ3n) is 5.37. The second kappa shape index (κ2) is 7.50. The first kappa shape index (κ1) is 19.2. The quantitative estimate of drug-likeness (QED) is 0.485. The van der Waals surface area contributed by atoms with Crippen LogP contribution in [0.3, 0.4) is 0 Å². The lowest BCUT2D eigenvalue weighted by atomic mass is 10.1. The van der Waals surface area contributed by atoms with Gasteiger partial charge < -0.3 is 9.40 Å². The molecule has 1 aromatic carbocycles. The van der Waals surface area contributed by atoms with Gasteiger partial charge in [-0.05, 0) is 30.5 Å². The second-order valence-corrected chi connectivity index (χ2v) is 8.79. The van der Waals surface area contributed by atoms with Crippen molar-refractivity contribution in [2.75, 3.05) is 6.54 Å². The highest BCUT2D eigenvalue weighted by molar-refractivity contribution is 7.13. The van der Waals surface area contributed by atoms with Crippen molar-refractivity contribution in [2.45, 2.75) is 26.4 Å². The van der Waals surface area contributed by atoms with Crippen molar-refractivity contribution in [3.63, 3.8) is 0 Å². The van der Waals surface area contributed by atoms with Gasteiger partial charge in [-0.25, -0.2) is 9.78 Å². The van der Waals surface area contributed by atoms with Crippen molar-refractivity contribution in [1.29, 1.82) is 0 Å². The van der Waals surface area contributed by atoms with E-state index in [1.807, 2.05) is 41.5 Å². The molecular formula is C22H18ClN3O3S. The summed E-state index contributed by atoms with van der Waals surface area (Å²) in [7, 11) is 0. The number of H-pyrrole nitrogens is 1. The van der Waals surface area contributed by atoms with E-state index < -0.39 is 5.63 Å². The molecule has 0 amide bonds. The van der Waals surface area contributed by atoms with Crippen molar-refractivity contribution < 1.29 is 4.42 Å². The minimum Gasteiger partial charge on any atom is -0.422 e. The van der Waals surface area contributed by atoms with Gasteiger partial charge in [0.25, 0.3) is 5.56 Å². The molecule has 6 nitrogen and oxygen atoms in total. The Kier molecular flexibility index (Phi) is 4.81. The van der Waals surface area contributed by atoms with Crippen LogP contribution in [0.15, 0.2) is 49.7 Å². The molecule has 0 spiro atoms. The number of rotatable bonds is 3. The highest BCUT2D eigenvalue weighted by Crippen LogP contribution is 2.28. The molecule has 0 aliphatic carbocycles. The lowest BCUT2D eigenvalue weighted by molar-refractivity contribution is 0.239. The minimum absolute atomic E-state index is 0.139. The summed E-state index contributed by atoms with van der Waals surface area (Å²) in [5.74, 6) is 0.607. The van der Waals surface area contributed by atoms with Crippen LogP contribution < -0.4 is 11.2 Å². The molecule has 0 atom stereocenters. The number of fused-ring (bicyclic) bond motifs is 2. The minimum atomic E-state index is -0.442. The maximum Gasteiger partial charge on any atom is 0.342 e. The molecule has 0 bridgehead atoms. The highest BCUT2D eigenvalue weighted by Gasteiger charge is 2.24. The van der Waals surface area contributed by atoms with Crippen LogP contribution >= 0.6 is 22.9 Å². The van der Waals surface area contributed by atoms with Gasteiger partial charge in [0.15, 0.2) is 5.82 Å². The van der Waals surface area contributed by atoms with Crippen molar-refractivity contribution in [3.05, 3.63) is 83.9 Å². The highest BCUT2D eigenvalue weighted by atomic mass is 35.5. The maximum atomic E-state index is 12.7. The normalized spacial score (nSPS) is 14.2. The zero-order valence-electron chi connectivity index (χ0n) is 16.2. The summed E-state index contributed by atoms with van der Waals surface area (Å²) in [5.41, 5.74) is 2.80. The molecule has 1 aliphatic heterocycles. The predicted octanol–water partition coefficient (Wildman–Crippen LogP) is 4.12. The van der Waals surface area contributed by atoms with E-state index in [4.69, 9.17) is 16.0 Å². The predicted molar refractivity (Wildman–Crippen MR) is 118 cm³/mol. The standard InChI is InChI=1S/C22H18ClN3O3S/c1-12-4-5-17-13(9-12)19(23)15(22(28)29-17)11-26-7-6-16-14(10-26)21(27)25-20(24-16)18-3-2-8-30-18/h2-5,8-9H,6-7,10-11H2,1H3,(H,24,25,27). The van der Waals surface area contributed by atoms with Crippen LogP contribution in [0.1, 0.15) is 22.4 Å². The van der Waals surface area contributed by atoms with Gasteiger partial charge in [0.2, 0.25) is 0 Å². The summed E-state index contributed by atoms with van der Waals surface area (Å²) >= 11 is 8.12. The number of aromatic nitrogens is 2. The fourth-order valence-corrected chi connectivity index (χ4v) is 4.78. The van der Waals surface area contributed by atoms with Crippen molar-refractivity contribution >= 4 is 33.9 Å². The number of nitrogens with zero attached hydrogens (tertiary/aromatic N) is 2. The second-order valence-electron chi connectivity index (χ2n) is 7.46. The maximum absolute atomic E-state index is 12.7. The Morgan fingerprint density at radius 2 is 2.17 bits per heavy atom. The molecule has 1 aliphatic rings. The van der Waals surface area contributed by atoms with Gasteiger partial charge in [-0.1, -0.05) is 29.3 Å². The SMILES string of the molecule is Cc1ccc2oc(=O)c(CN3CCc4nc(-c5cccs5)[nH]c(=O)c4C3)c(Cl)c2c1. The van der Waals surface area contributed by atoms with Crippen molar-refractivity contribution in [2.24, 2.45) is 0 Å². The van der Waals surface area contributed by atoms with E-state index in [1.54, 1.807) is 6.07 Å². The monoisotopic (exact) mass is 439 g/mol. The Balaban J connectivity index is 1.46. The van der Waals surface area contributed by atoms with Crippen LogP contribution in [-0.2, 0) is 19.5 Å². The summed E-state index contributed by atoms with van der Waals surface area (Å²) in [6.07, 6.45) is 0.632. The number of halogens is 1.